The maximum Gasteiger partial charge on any atom is 0.298 e. The molecule has 1 aliphatic heterocycles. The highest BCUT2D eigenvalue weighted by molar-refractivity contribution is 5.74. The third-order valence-electron chi connectivity index (χ3n) is 5.47. The number of nitrogens with zero attached hydrogens (tertiary/aromatic N) is 4. The van der Waals surface area contributed by atoms with Crippen molar-refractivity contribution < 1.29 is 9.53 Å². The third kappa shape index (κ3) is 5.81. The summed E-state index contributed by atoms with van der Waals surface area (Å²) in [6.07, 6.45) is 6.94. The van der Waals surface area contributed by atoms with Gasteiger partial charge in [-0.3, -0.25) is 9.78 Å². The number of rotatable bonds is 7. The van der Waals surface area contributed by atoms with E-state index in [1.54, 1.807) is 24.7 Å². The number of anilines is 3. The lowest BCUT2D eigenvalue weighted by Crippen LogP contribution is -2.60. The number of hydrogen-bond acceptors (Lipinski definition) is 9. The Labute approximate surface area is 193 Å². The van der Waals surface area contributed by atoms with E-state index in [-0.39, 0.29) is 17.1 Å². The van der Waals surface area contributed by atoms with Crippen LogP contribution in [0.3, 0.4) is 0 Å². The van der Waals surface area contributed by atoms with Crippen LogP contribution in [-0.4, -0.2) is 43.8 Å². The quantitative estimate of drug-likeness (QED) is 0.463. The zero-order valence-electron chi connectivity index (χ0n) is 19.3. The molecule has 3 N–H and O–H groups in total. The van der Waals surface area contributed by atoms with Gasteiger partial charge < -0.3 is 20.7 Å². The van der Waals surface area contributed by atoms with Crippen molar-refractivity contribution in [2.45, 2.75) is 57.7 Å². The molecule has 0 bridgehead atoms. The molecule has 3 aromatic rings. The predicted molar refractivity (Wildman–Crippen MR) is 127 cm³/mol. The Kier molecular flexibility index (Phi) is 6.24. The summed E-state index contributed by atoms with van der Waals surface area (Å²) >= 11 is 0. The molecule has 33 heavy (non-hydrogen) atoms. The fraction of sp³-hybridized carbons (Fsp3) is 0.375. The largest absolute Gasteiger partial charge is 0.428 e. The molecule has 2 aromatic heterocycles. The summed E-state index contributed by atoms with van der Waals surface area (Å²) in [6, 6.07) is 9.37. The molecule has 9 heteroatoms. The standard InChI is InChI=1S/C24H29N7O2/c1-23(2)11-18(12-24(3,4)31-23)28-22-26-14-20(29-30-22)19-8-7-16(10-21(19)33-15-32)27-17-6-5-9-25-13-17/h5-10,13-15,18,27,31H,11-12H2,1-4H3,(H,26,28,30). The highest BCUT2D eigenvalue weighted by atomic mass is 16.5. The molecule has 172 valence electrons. The van der Waals surface area contributed by atoms with E-state index < -0.39 is 0 Å². The van der Waals surface area contributed by atoms with E-state index in [2.05, 4.69) is 63.8 Å². The second-order valence-electron chi connectivity index (χ2n) is 9.60. The number of ether oxygens (including phenoxy) is 1. The van der Waals surface area contributed by atoms with Gasteiger partial charge in [0.05, 0.1) is 18.1 Å². The van der Waals surface area contributed by atoms with Gasteiger partial charge in [-0.05, 0) is 64.8 Å². The van der Waals surface area contributed by atoms with Crippen LogP contribution in [0.5, 0.6) is 5.75 Å². The topological polar surface area (TPSA) is 114 Å². The summed E-state index contributed by atoms with van der Waals surface area (Å²) < 4.78 is 5.21. The molecule has 3 heterocycles. The van der Waals surface area contributed by atoms with Gasteiger partial charge in [-0.2, -0.15) is 0 Å². The Morgan fingerprint density at radius 2 is 1.85 bits per heavy atom. The summed E-state index contributed by atoms with van der Waals surface area (Å²) in [5.41, 5.74) is 2.73. The van der Waals surface area contributed by atoms with E-state index in [0.29, 0.717) is 29.4 Å². The number of piperidine rings is 1. The van der Waals surface area contributed by atoms with E-state index in [1.165, 1.54) is 0 Å². The number of pyridine rings is 1. The third-order valence-corrected chi connectivity index (χ3v) is 5.47. The summed E-state index contributed by atoms with van der Waals surface area (Å²) in [4.78, 5) is 19.6. The Hall–Kier alpha value is -3.59. The van der Waals surface area contributed by atoms with Crippen LogP contribution in [0.25, 0.3) is 11.3 Å². The van der Waals surface area contributed by atoms with Crippen LogP contribution in [0.15, 0.2) is 48.9 Å². The first-order valence-corrected chi connectivity index (χ1v) is 10.9. The lowest BCUT2D eigenvalue weighted by Gasteiger charge is -2.46. The number of nitrogens with one attached hydrogen (secondary N) is 3. The normalized spacial score (nSPS) is 17.2. The first kappa shape index (κ1) is 22.6. The van der Waals surface area contributed by atoms with E-state index in [4.69, 9.17) is 4.74 Å². The smallest absolute Gasteiger partial charge is 0.298 e. The van der Waals surface area contributed by atoms with Crippen molar-refractivity contribution in [3.05, 3.63) is 48.9 Å². The van der Waals surface area contributed by atoms with Crippen LogP contribution < -0.4 is 20.7 Å². The highest BCUT2D eigenvalue weighted by Crippen LogP contribution is 2.33. The highest BCUT2D eigenvalue weighted by Gasteiger charge is 2.37. The fourth-order valence-corrected chi connectivity index (χ4v) is 4.64. The number of benzene rings is 1. The van der Waals surface area contributed by atoms with Crippen molar-refractivity contribution in [1.82, 2.24) is 25.5 Å². The second kappa shape index (κ2) is 9.11. The Morgan fingerprint density at radius 3 is 2.48 bits per heavy atom. The number of carbonyl (C=O) groups excluding carboxylic acids is 1. The van der Waals surface area contributed by atoms with Crippen LogP contribution >= 0.6 is 0 Å². The molecule has 0 saturated carbocycles. The van der Waals surface area contributed by atoms with Crippen LogP contribution in [0.4, 0.5) is 17.3 Å². The fourth-order valence-electron chi connectivity index (χ4n) is 4.64. The molecule has 1 aromatic carbocycles. The van der Waals surface area contributed by atoms with Gasteiger partial charge >= 0.3 is 0 Å². The molecule has 0 radical (unpaired) electrons. The van der Waals surface area contributed by atoms with Crippen LogP contribution in [0, 0.1) is 0 Å². The van der Waals surface area contributed by atoms with E-state index >= 15 is 0 Å². The second-order valence-corrected chi connectivity index (χ2v) is 9.60. The lowest BCUT2D eigenvalue weighted by atomic mass is 9.80. The lowest BCUT2D eigenvalue weighted by molar-refractivity contribution is -0.120. The average molecular weight is 448 g/mol. The molecule has 0 atom stereocenters. The molecule has 1 fully saturated rings. The van der Waals surface area contributed by atoms with Crippen molar-refractivity contribution in [3.8, 4) is 17.0 Å². The minimum absolute atomic E-state index is 0.0133. The van der Waals surface area contributed by atoms with Crippen LogP contribution in [0.2, 0.25) is 0 Å². The van der Waals surface area contributed by atoms with Crippen molar-refractivity contribution >= 4 is 23.8 Å². The molecule has 1 saturated heterocycles. The maximum atomic E-state index is 11.1. The van der Waals surface area contributed by atoms with Crippen molar-refractivity contribution in [3.63, 3.8) is 0 Å². The average Bonchev–Trinajstić information content (AvgIpc) is 2.73. The van der Waals surface area contributed by atoms with Gasteiger partial charge in [0.2, 0.25) is 5.95 Å². The van der Waals surface area contributed by atoms with Gasteiger partial charge in [0.15, 0.2) is 0 Å². The van der Waals surface area contributed by atoms with Gasteiger partial charge in [0.1, 0.15) is 11.4 Å². The number of carbonyl (C=O) groups is 1. The number of aromatic nitrogens is 4. The SMILES string of the molecule is CC1(C)CC(Nc2ncc(-c3ccc(Nc4cccnc4)cc3OC=O)nn2)CC(C)(C)N1. The molecular formula is C24H29N7O2. The predicted octanol–water partition coefficient (Wildman–Crippen LogP) is 3.93. The molecular weight excluding hydrogens is 418 g/mol. The number of hydrogen-bond donors (Lipinski definition) is 3. The van der Waals surface area contributed by atoms with Gasteiger partial charge in [-0.1, -0.05) is 0 Å². The Bertz CT molecular complexity index is 1090. The zero-order chi connectivity index (χ0) is 23.5. The van der Waals surface area contributed by atoms with Crippen molar-refractivity contribution in [1.29, 1.82) is 0 Å². The summed E-state index contributed by atoms with van der Waals surface area (Å²) in [6.45, 7) is 9.20. The van der Waals surface area contributed by atoms with E-state index in [9.17, 15) is 4.79 Å². The van der Waals surface area contributed by atoms with Gasteiger partial charge in [-0.25, -0.2) is 4.98 Å². The van der Waals surface area contributed by atoms with Crippen molar-refractivity contribution in [2.24, 2.45) is 0 Å². The van der Waals surface area contributed by atoms with E-state index in [1.807, 2.05) is 24.3 Å². The molecule has 0 unspecified atom stereocenters. The molecule has 4 rings (SSSR count). The van der Waals surface area contributed by atoms with Crippen LogP contribution in [-0.2, 0) is 4.79 Å². The molecule has 0 spiro atoms. The van der Waals surface area contributed by atoms with E-state index in [0.717, 1.165) is 24.2 Å². The Morgan fingerprint density at radius 1 is 1.06 bits per heavy atom. The summed E-state index contributed by atoms with van der Waals surface area (Å²) in [5, 5.41) is 18.9. The molecule has 0 aliphatic carbocycles. The maximum absolute atomic E-state index is 11.1. The minimum atomic E-state index is 0.0133. The monoisotopic (exact) mass is 447 g/mol. The summed E-state index contributed by atoms with van der Waals surface area (Å²) in [5.74, 6) is 0.836. The minimum Gasteiger partial charge on any atom is -0.428 e. The van der Waals surface area contributed by atoms with Gasteiger partial charge in [0.25, 0.3) is 6.47 Å². The molecule has 0 amide bonds. The van der Waals surface area contributed by atoms with Gasteiger partial charge in [-0.15, -0.1) is 10.2 Å². The van der Waals surface area contributed by atoms with Gasteiger partial charge in [0, 0.05) is 40.6 Å². The summed E-state index contributed by atoms with van der Waals surface area (Å²) in [7, 11) is 0. The first-order valence-electron chi connectivity index (χ1n) is 10.9. The molecule has 1 aliphatic rings. The van der Waals surface area contributed by atoms with Crippen molar-refractivity contribution in [2.75, 3.05) is 10.6 Å². The zero-order valence-corrected chi connectivity index (χ0v) is 19.3. The Balaban J connectivity index is 1.51. The molecule has 9 nitrogen and oxygen atoms in total. The van der Waals surface area contributed by atoms with Crippen LogP contribution in [0.1, 0.15) is 40.5 Å². The first-order chi connectivity index (χ1) is 15.7.